The molecule has 0 radical (unpaired) electrons. The normalized spacial score (nSPS) is 13.2. The Hall–Kier alpha value is -3.24. The van der Waals surface area contributed by atoms with Crippen molar-refractivity contribution in [2.45, 2.75) is 25.9 Å². The van der Waals surface area contributed by atoms with E-state index in [1.807, 2.05) is 18.2 Å². The van der Waals surface area contributed by atoms with Gasteiger partial charge in [-0.05, 0) is 54.7 Å². The van der Waals surface area contributed by atoms with Gasteiger partial charge in [0, 0.05) is 45.7 Å². The van der Waals surface area contributed by atoms with Crippen LogP contribution in [0.25, 0.3) is 10.8 Å². The molecule has 0 saturated heterocycles. The van der Waals surface area contributed by atoms with Gasteiger partial charge in [-0.25, -0.2) is 13.8 Å². The maximum atomic E-state index is 14.1. The van der Waals surface area contributed by atoms with Crippen molar-refractivity contribution in [3.05, 3.63) is 92.4 Å². The van der Waals surface area contributed by atoms with Crippen LogP contribution >= 0.6 is 28.1 Å². The number of hydrogen-bond donors (Lipinski definition) is 0. The molecule has 0 aliphatic carbocycles. The van der Waals surface area contributed by atoms with E-state index in [0.717, 1.165) is 15.9 Å². The van der Waals surface area contributed by atoms with Crippen molar-refractivity contribution in [3.8, 4) is 0 Å². The number of benzene rings is 3. The monoisotopic (exact) mass is 556 g/mol. The number of rotatable bonds is 7. The van der Waals surface area contributed by atoms with Crippen molar-refractivity contribution in [2.24, 2.45) is 0 Å². The Kier molecular flexibility index (Phi) is 6.33. The van der Waals surface area contributed by atoms with Crippen LogP contribution in [0.2, 0.25) is 0 Å². The number of unbranched alkanes of at least 4 members (excludes halogenated alkanes) is 1. The second-order valence-corrected chi connectivity index (χ2v) is 9.50. The van der Waals surface area contributed by atoms with Gasteiger partial charge in [0.1, 0.15) is 18.0 Å². The van der Waals surface area contributed by atoms with Crippen LogP contribution in [0.4, 0.5) is 8.78 Å². The molecular formula is C25H19BrF2N4O2S. The molecule has 0 N–H and O–H groups in total. The fourth-order valence-electron chi connectivity index (χ4n) is 4.37. The van der Waals surface area contributed by atoms with E-state index in [1.54, 1.807) is 21.5 Å². The average Bonchev–Trinajstić information content (AvgIpc) is 3.18. The fraction of sp³-hybridized carbons (Fsp3) is 0.200. The van der Waals surface area contributed by atoms with Crippen LogP contribution in [0.5, 0.6) is 0 Å². The minimum Gasteiger partial charge on any atom is -0.274 e. The quantitative estimate of drug-likeness (QED) is 0.165. The highest BCUT2D eigenvalue weighted by molar-refractivity contribution is 9.10. The van der Waals surface area contributed by atoms with E-state index in [9.17, 15) is 18.4 Å². The molecule has 35 heavy (non-hydrogen) atoms. The molecule has 2 amide bonds. The first-order valence-corrected chi connectivity index (χ1v) is 12.2. The molecule has 3 aromatic carbocycles. The number of carbonyl (C=O) groups excluding carboxylic acids is 2. The molecule has 6 nitrogen and oxygen atoms in total. The molecule has 1 aliphatic rings. The molecule has 1 aromatic heterocycles. The highest BCUT2D eigenvalue weighted by Gasteiger charge is 2.32. The predicted molar refractivity (Wildman–Crippen MR) is 133 cm³/mol. The van der Waals surface area contributed by atoms with Crippen molar-refractivity contribution < 1.29 is 18.4 Å². The number of imide groups is 1. The van der Waals surface area contributed by atoms with Crippen molar-refractivity contribution in [2.75, 3.05) is 6.54 Å². The molecule has 0 fully saturated rings. The molecule has 1 aliphatic heterocycles. The standard InChI is InChI=1S/C25H19BrF2N4O2S/c26-20-9-8-19-22-17(20)4-3-5-18(22)23(33)31(24(19)34)10-1-2-11-32-25(35)29-14-30(32)13-15-6-7-16(27)12-21(15)28/h3-9,12,14H,1-2,10-11,13H2. The van der Waals surface area contributed by atoms with Gasteiger partial charge in [-0.3, -0.25) is 23.9 Å². The Morgan fingerprint density at radius 3 is 2.46 bits per heavy atom. The van der Waals surface area contributed by atoms with Crippen molar-refractivity contribution in [3.63, 3.8) is 0 Å². The summed E-state index contributed by atoms with van der Waals surface area (Å²) in [5.74, 6) is -1.89. The predicted octanol–water partition coefficient (Wildman–Crippen LogP) is 5.73. The van der Waals surface area contributed by atoms with Crippen LogP contribution < -0.4 is 0 Å². The lowest BCUT2D eigenvalue weighted by Gasteiger charge is -2.27. The SMILES string of the molecule is O=C1c2cccc3c(Br)ccc(c23)C(=O)N1CCCCn1c(=S)ncn1Cc1ccc(F)cc1F. The van der Waals surface area contributed by atoms with Crippen molar-refractivity contribution >= 4 is 50.7 Å². The van der Waals surface area contributed by atoms with Gasteiger partial charge in [0.05, 0.1) is 6.54 Å². The Balaban J connectivity index is 1.27. The summed E-state index contributed by atoms with van der Waals surface area (Å²) in [6.07, 6.45) is 2.68. The minimum absolute atomic E-state index is 0.148. The van der Waals surface area contributed by atoms with Crippen LogP contribution in [0.1, 0.15) is 39.1 Å². The first kappa shape index (κ1) is 23.5. The number of nitrogens with zero attached hydrogens (tertiary/aromatic N) is 4. The van der Waals surface area contributed by atoms with E-state index in [1.165, 1.54) is 23.4 Å². The molecule has 0 bridgehead atoms. The minimum atomic E-state index is -0.638. The lowest BCUT2D eigenvalue weighted by molar-refractivity contribution is 0.0607. The summed E-state index contributed by atoms with van der Waals surface area (Å²) < 4.78 is 31.9. The van der Waals surface area contributed by atoms with Crippen LogP contribution in [-0.2, 0) is 13.1 Å². The van der Waals surface area contributed by atoms with Crippen molar-refractivity contribution in [1.29, 1.82) is 0 Å². The van der Waals surface area contributed by atoms with Gasteiger partial charge >= 0.3 is 0 Å². The highest BCUT2D eigenvalue weighted by atomic mass is 79.9. The van der Waals surface area contributed by atoms with E-state index in [-0.39, 0.29) is 24.9 Å². The lowest BCUT2D eigenvalue weighted by Crippen LogP contribution is -2.41. The van der Waals surface area contributed by atoms with Crippen LogP contribution in [0, 0.1) is 16.4 Å². The summed E-state index contributed by atoms with van der Waals surface area (Å²) >= 11 is 8.79. The lowest BCUT2D eigenvalue weighted by atomic mass is 9.94. The first-order chi connectivity index (χ1) is 16.8. The Morgan fingerprint density at radius 1 is 0.943 bits per heavy atom. The summed E-state index contributed by atoms with van der Waals surface area (Å²) in [6, 6.07) is 12.4. The third-order valence-corrected chi connectivity index (χ3v) is 7.13. The van der Waals surface area contributed by atoms with Gasteiger partial charge in [-0.1, -0.05) is 34.1 Å². The summed E-state index contributed by atoms with van der Waals surface area (Å²) in [6.45, 7) is 0.879. The zero-order valence-electron chi connectivity index (χ0n) is 18.4. The highest BCUT2D eigenvalue weighted by Crippen LogP contribution is 2.34. The largest absolute Gasteiger partial charge is 0.274 e. The second-order valence-electron chi connectivity index (χ2n) is 8.28. The van der Waals surface area contributed by atoms with E-state index >= 15 is 0 Å². The Labute approximate surface area is 212 Å². The average molecular weight is 557 g/mol. The zero-order valence-corrected chi connectivity index (χ0v) is 20.8. The maximum absolute atomic E-state index is 14.1. The van der Waals surface area contributed by atoms with E-state index in [2.05, 4.69) is 20.9 Å². The van der Waals surface area contributed by atoms with Gasteiger partial charge in [-0.2, -0.15) is 0 Å². The van der Waals surface area contributed by atoms with Gasteiger partial charge in [-0.15, -0.1) is 0 Å². The second kappa shape index (κ2) is 9.43. The van der Waals surface area contributed by atoms with E-state index in [4.69, 9.17) is 12.2 Å². The molecule has 0 unspecified atom stereocenters. The fourth-order valence-corrected chi connectivity index (χ4v) is 5.08. The smallest absolute Gasteiger partial charge is 0.261 e. The molecule has 5 rings (SSSR count). The summed E-state index contributed by atoms with van der Waals surface area (Å²) in [5, 5.41) is 1.51. The van der Waals surface area contributed by atoms with Gasteiger partial charge < -0.3 is 0 Å². The Bertz CT molecular complexity index is 1530. The van der Waals surface area contributed by atoms with Gasteiger partial charge in [0.25, 0.3) is 11.8 Å². The molecule has 2 heterocycles. The maximum Gasteiger partial charge on any atom is 0.261 e. The number of aromatic nitrogens is 3. The molecule has 0 spiro atoms. The molecular weight excluding hydrogens is 538 g/mol. The summed E-state index contributed by atoms with van der Waals surface area (Å²) in [5.41, 5.74) is 1.34. The summed E-state index contributed by atoms with van der Waals surface area (Å²) in [7, 11) is 0. The number of amides is 2. The molecule has 0 atom stereocenters. The van der Waals surface area contributed by atoms with Crippen LogP contribution in [-0.4, -0.2) is 37.6 Å². The first-order valence-electron chi connectivity index (χ1n) is 11.0. The molecule has 4 aromatic rings. The number of hydrogen-bond acceptors (Lipinski definition) is 4. The van der Waals surface area contributed by atoms with Crippen LogP contribution in [0.15, 0.2) is 59.3 Å². The molecule has 178 valence electrons. The summed E-state index contributed by atoms with van der Waals surface area (Å²) in [4.78, 5) is 31.6. The van der Waals surface area contributed by atoms with Gasteiger partial charge in [0.2, 0.25) is 4.77 Å². The molecule has 10 heteroatoms. The van der Waals surface area contributed by atoms with Crippen molar-refractivity contribution in [1.82, 2.24) is 19.2 Å². The van der Waals surface area contributed by atoms with E-state index < -0.39 is 11.6 Å². The topological polar surface area (TPSA) is 60.1 Å². The third kappa shape index (κ3) is 4.32. The number of halogens is 3. The third-order valence-electron chi connectivity index (χ3n) is 6.12. The zero-order chi connectivity index (χ0) is 24.7. The van der Waals surface area contributed by atoms with Gasteiger partial charge in [0.15, 0.2) is 0 Å². The Morgan fingerprint density at radius 2 is 1.69 bits per heavy atom. The molecule has 0 saturated carbocycles. The van der Waals surface area contributed by atoms with E-state index in [0.29, 0.717) is 46.2 Å². The van der Waals surface area contributed by atoms with Crippen LogP contribution in [0.3, 0.4) is 0 Å². The number of carbonyl (C=O) groups is 2.